The molecular weight excluding hydrogens is 298 g/mol. The zero-order valence-corrected chi connectivity index (χ0v) is 11.9. The lowest BCUT2D eigenvalue weighted by Gasteiger charge is -2.32. The maximum absolute atomic E-state index is 12.4. The second kappa shape index (κ2) is 6.13. The van der Waals surface area contributed by atoms with Crippen molar-refractivity contribution in [3.8, 4) is 6.07 Å². The first-order valence-corrected chi connectivity index (χ1v) is 7.59. The quantitative estimate of drug-likeness (QED) is 0.429. The summed E-state index contributed by atoms with van der Waals surface area (Å²) in [4.78, 5) is 15.1. The van der Waals surface area contributed by atoms with Gasteiger partial charge < -0.3 is 10.1 Å². The molecule has 21 heavy (non-hydrogen) atoms. The lowest BCUT2D eigenvalue weighted by molar-refractivity contribution is -0.389. The lowest BCUT2D eigenvalue weighted by atomic mass is 10.4. The minimum absolute atomic E-state index is 0.0677. The van der Waals surface area contributed by atoms with Gasteiger partial charge in [0.25, 0.3) is 0 Å². The molecule has 1 aliphatic rings. The number of aromatic nitrogens is 1. The molecule has 0 unspecified atom stereocenters. The van der Waals surface area contributed by atoms with Gasteiger partial charge >= 0.3 is 5.82 Å². The largest absolute Gasteiger partial charge is 0.363 e. The summed E-state index contributed by atoms with van der Waals surface area (Å²) < 4.78 is 26.0. The first-order valence-electron chi connectivity index (χ1n) is 6.15. The van der Waals surface area contributed by atoms with Gasteiger partial charge in [0, 0.05) is 32.2 Å². The fraction of sp³-hybridized carbons (Fsp3) is 0.455. The number of rotatable bonds is 4. The van der Waals surface area contributed by atoms with Crippen LogP contribution in [0.3, 0.4) is 0 Å². The summed E-state index contributed by atoms with van der Waals surface area (Å²) in [7, 11) is -3.70. The Labute approximate surface area is 121 Å². The van der Waals surface area contributed by atoms with Crippen LogP contribution in [0.25, 0.3) is 0 Å². The third-order valence-corrected chi connectivity index (χ3v) is 5.05. The van der Waals surface area contributed by atoms with Crippen LogP contribution in [0.2, 0.25) is 0 Å². The van der Waals surface area contributed by atoms with E-state index in [9.17, 15) is 18.5 Å². The summed E-state index contributed by atoms with van der Waals surface area (Å²) >= 11 is 0. The third-order valence-electron chi connectivity index (χ3n) is 3.17. The minimum Gasteiger partial charge on any atom is -0.358 e. The summed E-state index contributed by atoms with van der Waals surface area (Å²) in [5, 5.41) is 19.1. The van der Waals surface area contributed by atoms with E-state index >= 15 is 0 Å². The van der Waals surface area contributed by atoms with Gasteiger partial charge in [-0.2, -0.15) is 9.57 Å². The van der Waals surface area contributed by atoms with Crippen molar-refractivity contribution in [1.29, 1.82) is 5.26 Å². The Hall–Kier alpha value is -2.09. The van der Waals surface area contributed by atoms with Crippen LogP contribution >= 0.6 is 0 Å². The van der Waals surface area contributed by atoms with Crippen LogP contribution in [0, 0.1) is 21.4 Å². The van der Waals surface area contributed by atoms with E-state index in [0.717, 1.165) is 12.3 Å². The third kappa shape index (κ3) is 3.33. The molecule has 0 aromatic carbocycles. The van der Waals surface area contributed by atoms with Crippen molar-refractivity contribution < 1.29 is 13.3 Å². The van der Waals surface area contributed by atoms with Crippen LogP contribution in [-0.2, 0) is 10.0 Å². The minimum atomic E-state index is -3.70. The van der Waals surface area contributed by atoms with E-state index in [0.29, 0.717) is 13.1 Å². The number of pyridine rings is 1. The van der Waals surface area contributed by atoms with Gasteiger partial charge in [-0.3, -0.25) is 4.90 Å². The van der Waals surface area contributed by atoms with Gasteiger partial charge in [0.1, 0.15) is 4.90 Å². The second-order valence-corrected chi connectivity index (χ2v) is 6.39. The summed E-state index contributed by atoms with van der Waals surface area (Å²) in [6.45, 7) is 1.79. The van der Waals surface area contributed by atoms with Gasteiger partial charge in [-0.25, -0.2) is 8.42 Å². The van der Waals surface area contributed by atoms with Gasteiger partial charge in [0.15, 0.2) is 6.20 Å². The molecule has 0 bridgehead atoms. The first-order chi connectivity index (χ1) is 9.95. The number of piperazine rings is 1. The number of hydrogen-bond acceptors (Lipinski definition) is 7. The van der Waals surface area contributed by atoms with E-state index in [-0.39, 0.29) is 24.5 Å². The highest BCUT2D eigenvalue weighted by Gasteiger charge is 2.29. The molecule has 2 heterocycles. The Bertz CT molecular complexity index is 659. The SMILES string of the molecule is N#CCN1CCN(S(=O)(=O)c2ccc([N+](=O)[O-])nc2)CC1. The molecule has 0 saturated carbocycles. The van der Waals surface area contributed by atoms with Crippen molar-refractivity contribution in [1.82, 2.24) is 14.2 Å². The average Bonchev–Trinajstić information content (AvgIpc) is 2.48. The molecule has 9 nitrogen and oxygen atoms in total. The zero-order valence-electron chi connectivity index (χ0n) is 11.0. The van der Waals surface area contributed by atoms with E-state index < -0.39 is 20.8 Å². The monoisotopic (exact) mass is 311 g/mol. The highest BCUT2D eigenvalue weighted by Crippen LogP contribution is 2.18. The maximum Gasteiger partial charge on any atom is 0.363 e. The number of nitro groups is 1. The molecular formula is C11H13N5O4S. The predicted molar refractivity (Wildman–Crippen MR) is 71.7 cm³/mol. The summed E-state index contributed by atoms with van der Waals surface area (Å²) in [6, 6.07) is 4.27. The molecule has 112 valence electrons. The summed E-state index contributed by atoms with van der Waals surface area (Å²) in [6.07, 6.45) is 0.995. The van der Waals surface area contributed by atoms with Gasteiger partial charge in [0.05, 0.1) is 12.6 Å². The topological polar surface area (TPSA) is 120 Å². The highest BCUT2D eigenvalue weighted by molar-refractivity contribution is 7.89. The Balaban J connectivity index is 2.12. The van der Waals surface area contributed by atoms with E-state index in [4.69, 9.17) is 5.26 Å². The van der Waals surface area contributed by atoms with Crippen LogP contribution in [0.4, 0.5) is 5.82 Å². The molecule has 1 fully saturated rings. The average molecular weight is 311 g/mol. The van der Waals surface area contributed by atoms with Gasteiger partial charge in [-0.1, -0.05) is 0 Å². The van der Waals surface area contributed by atoms with Crippen LogP contribution in [-0.4, -0.2) is 60.3 Å². The molecule has 0 aliphatic carbocycles. The van der Waals surface area contributed by atoms with Crippen molar-refractivity contribution in [3.05, 3.63) is 28.4 Å². The Morgan fingerprint density at radius 2 is 2.00 bits per heavy atom. The van der Waals surface area contributed by atoms with E-state index in [2.05, 4.69) is 4.98 Å². The normalized spacial score (nSPS) is 17.3. The molecule has 0 atom stereocenters. The Morgan fingerprint density at radius 3 is 2.48 bits per heavy atom. The molecule has 1 saturated heterocycles. The zero-order chi connectivity index (χ0) is 15.5. The molecule has 0 N–H and O–H groups in total. The molecule has 0 spiro atoms. The number of sulfonamides is 1. The lowest BCUT2D eigenvalue weighted by Crippen LogP contribution is -2.48. The van der Waals surface area contributed by atoms with E-state index in [1.54, 1.807) is 0 Å². The highest BCUT2D eigenvalue weighted by atomic mass is 32.2. The fourth-order valence-corrected chi connectivity index (χ4v) is 3.38. The fourth-order valence-electron chi connectivity index (χ4n) is 2.01. The van der Waals surface area contributed by atoms with E-state index in [1.165, 1.54) is 10.4 Å². The van der Waals surface area contributed by atoms with E-state index in [1.807, 2.05) is 11.0 Å². The number of nitrogens with zero attached hydrogens (tertiary/aromatic N) is 5. The van der Waals surface area contributed by atoms with Crippen LogP contribution in [0.1, 0.15) is 0 Å². The van der Waals surface area contributed by atoms with Crippen molar-refractivity contribution in [2.45, 2.75) is 4.90 Å². The molecule has 0 amide bonds. The second-order valence-electron chi connectivity index (χ2n) is 4.45. The van der Waals surface area contributed by atoms with Crippen molar-refractivity contribution in [2.75, 3.05) is 32.7 Å². The number of hydrogen-bond donors (Lipinski definition) is 0. The molecule has 2 rings (SSSR count). The van der Waals surface area contributed by atoms with Crippen molar-refractivity contribution in [3.63, 3.8) is 0 Å². The van der Waals surface area contributed by atoms with Gasteiger partial charge in [-0.15, -0.1) is 0 Å². The van der Waals surface area contributed by atoms with Crippen molar-refractivity contribution >= 4 is 15.8 Å². The first kappa shape index (κ1) is 15.3. The Morgan fingerprint density at radius 1 is 1.33 bits per heavy atom. The molecule has 0 radical (unpaired) electrons. The molecule has 1 aromatic rings. The maximum atomic E-state index is 12.4. The standard InChI is InChI=1S/C11H13N5O4S/c12-3-4-14-5-7-15(8-6-14)21(19,20)10-1-2-11(13-9-10)16(17)18/h1-2,9H,4-8H2. The van der Waals surface area contributed by atoms with Crippen LogP contribution in [0.15, 0.2) is 23.2 Å². The Kier molecular flexibility index (Phi) is 4.46. The van der Waals surface area contributed by atoms with Gasteiger partial charge in [-0.05, 0) is 16.0 Å². The molecule has 1 aromatic heterocycles. The summed E-state index contributed by atoms with van der Waals surface area (Å²) in [5.41, 5.74) is 0. The smallest absolute Gasteiger partial charge is 0.358 e. The molecule has 1 aliphatic heterocycles. The predicted octanol–water partition coefficient (Wildman–Crippen LogP) is -0.180. The molecule has 10 heteroatoms. The van der Waals surface area contributed by atoms with Crippen LogP contribution < -0.4 is 0 Å². The van der Waals surface area contributed by atoms with Crippen molar-refractivity contribution in [2.24, 2.45) is 0 Å². The summed E-state index contributed by atoms with van der Waals surface area (Å²) in [5.74, 6) is -0.396. The van der Waals surface area contributed by atoms with Gasteiger partial charge in [0.2, 0.25) is 10.0 Å². The van der Waals surface area contributed by atoms with Crippen LogP contribution in [0.5, 0.6) is 0 Å². The number of nitriles is 1.